The molecule has 1 amide bonds. The van der Waals surface area contributed by atoms with Crippen molar-refractivity contribution in [2.24, 2.45) is 5.73 Å². The molecule has 0 saturated heterocycles. The normalized spacial score (nSPS) is 11.4. The van der Waals surface area contributed by atoms with Gasteiger partial charge in [0.2, 0.25) is 5.91 Å². The van der Waals surface area contributed by atoms with Gasteiger partial charge < -0.3 is 15.4 Å². The second kappa shape index (κ2) is 9.61. The molecule has 0 fully saturated rings. The van der Waals surface area contributed by atoms with Crippen LogP contribution in [-0.4, -0.2) is 37.0 Å². The van der Waals surface area contributed by atoms with Gasteiger partial charge in [0.1, 0.15) is 5.75 Å². The van der Waals surface area contributed by atoms with Crippen LogP contribution in [0.2, 0.25) is 0 Å². The number of ether oxygens (including phenoxy) is 1. The zero-order valence-corrected chi connectivity index (χ0v) is 13.3. The van der Waals surface area contributed by atoms with Gasteiger partial charge in [0, 0.05) is 26.1 Å². The first-order chi connectivity index (χ1) is 9.08. The number of rotatable bonds is 7. The molecule has 0 aromatic heterocycles. The highest BCUT2D eigenvalue weighted by atomic mass is 35.5. The fraction of sp³-hybridized carbons (Fsp3) is 0.533. The minimum absolute atomic E-state index is 0. The van der Waals surface area contributed by atoms with Gasteiger partial charge in [0.05, 0.1) is 6.61 Å². The van der Waals surface area contributed by atoms with E-state index in [-0.39, 0.29) is 24.4 Å². The van der Waals surface area contributed by atoms with E-state index in [1.165, 1.54) is 0 Å². The summed E-state index contributed by atoms with van der Waals surface area (Å²) in [5.74, 6) is 0.998. The Kier molecular flexibility index (Phi) is 9.01. The van der Waals surface area contributed by atoms with Crippen molar-refractivity contribution in [1.29, 1.82) is 0 Å². The van der Waals surface area contributed by atoms with Crippen LogP contribution in [0.1, 0.15) is 25.8 Å². The quantitative estimate of drug-likeness (QED) is 0.840. The number of benzene rings is 1. The van der Waals surface area contributed by atoms with E-state index >= 15 is 0 Å². The van der Waals surface area contributed by atoms with Crippen molar-refractivity contribution in [2.75, 3.05) is 20.2 Å². The van der Waals surface area contributed by atoms with Gasteiger partial charge in [0.15, 0.2) is 0 Å². The molecule has 1 rings (SSSR count). The van der Waals surface area contributed by atoms with Crippen LogP contribution in [0.4, 0.5) is 0 Å². The first kappa shape index (κ1) is 18.7. The van der Waals surface area contributed by atoms with Crippen molar-refractivity contribution in [2.45, 2.75) is 32.7 Å². The van der Waals surface area contributed by atoms with Crippen LogP contribution in [0.25, 0.3) is 0 Å². The molecule has 2 N–H and O–H groups in total. The van der Waals surface area contributed by atoms with Crippen LogP contribution < -0.4 is 10.5 Å². The second-order valence-corrected chi connectivity index (χ2v) is 4.67. The van der Waals surface area contributed by atoms with Gasteiger partial charge in [-0.05, 0) is 38.0 Å². The van der Waals surface area contributed by atoms with E-state index < -0.39 is 0 Å². The summed E-state index contributed by atoms with van der Waals surface area (Å²) in [5.41, 5.74) is 6.70. The number of carbonyl (C=O) groups is 1. The molecule has 0 radical (unpaired) electrons. The molecule has 1 aromatic rings. The monoisotopic (exact) mass is 300 g/mol. The molecule has 1 unspecified atom stereocenters. The van der Waals surface area contributed by atoms with Crippen molar-refractivity contribution in [3.8, 4) is 5.75 Å². The Bertz CT molecular complexity index is 395. The number of nitrogens with two attached hydrogens (primary N) is 1. The summed E-state index contributed by atoms with van der Waals surface area (Å²) in [6.45, 7) is 5.07. The summed E-state index contributed by atoms with van der Waals surface area (Å²) in [6.07, 6.45) is 1.25. The van der Waals surface area contributed by atoms with Crippen LogP contribution in [0, 0.1) is 0 Å². The Hall–Kier alpha value is -1.26. The minimum Gasteiger partial charge on any atom is -0.494 e. The second-order valence-electron chi connectivity index (χ2n) is 4.67. The number of hydrogen-bond donors (Lipinski definition) is 1. The maximum atomic E-state index is 11.9. The molecular formula is C15H25ClN2O2. The zero-order chi connectivity index (χ0) is 14.3. The summed E-state index contributed by atoms with van der Waals surface area (Å²) in [5, 5.41) is 0. The Balaban J connectivity index is 0.00000361. The molecule has 5 heteroatoms. The van der Waals surface area contributed by atoms with Gasteiger partial charge >= 0.3 is 0 Å². The first-order valence-corrected chi connectivity index (χ1v) is 6.76. The summed E-state index contributed by atoms with van der Waals surface area (Å²) >= 11 is 0. The smallest absolute Gasteiger partial charge is 0.222 e. The standard InChI is InChI=1S/C15H24N2O2.ClH/c1-4-19-14-8-5-13(6-9-14)7-10-15(18)17(3)12(2)11-16;/h5-6,8-9,12H,4,7,10-11,16H2,1-3H3;1H. The van der Waals surface area contributed by atoms with E-state index in [4.69, 9.17) is 10.5 Å². The third-order valence-electron chi connectivity index (χ3n) is 3.26. The highest BCUT2D eigenvalue weighted by Crippen LogP contribution is 2.13. The molecule has 0 saturated carbocycles. The van der Waals surface area contributed by atoms with E-state index in [0.717, 1.165) is 17.7 Å². The number of halogens is 1. The summed E-state index contributed by atoms with van der Waals surface area (Å²) in [6, 6.07) is 7.98. The third-order valence-corrected chi connectivity index (χ3v) is 3.26. The summed E-state index contributed by atoms with van der Waals surface area (Å²) in [4.78, 5) is 13.6. The number of aryl methyl sites for hydroxylation is 1. The van der Waals surface area contributed by atoms with Crippen LogP contribution in [0.5, 0.6) is 5.75 Å². The van der Waals surface area contributed by atoms with Gasteiger partial charge in [-0.1, -0.05) is 12.1 Å². The molecule has 1 aromatic carbocycles. The SMILES string of the molecule is CCOc1ccc(CCC(=O)N(C)C(C)CN)cc1.Cl. The van der Waals surface area contributed by atoms with E-state index in [9.17, 15) is 4.79 Å². The van der Waals surface area contributed by atoms with Crippen molar-refractivity contribution >= 4 is 18.3 Å². The number of hydrogen-bond acceptors (Lipinski definition) is 3. The maximum Gasteiger partial charge on any atom is 0.222 e. The predicted molar refractivity (Wildman–Crippen MR) is 84.5 cm³/mol. The number of amides is 1. The predicted octanol–water partition coefficient (Wildman–Crippen LogP) is 2.25. The van der Waals surface area contributed by atoms with Crippen LogP contribution in [-0.2, 0) is 11.2 Å². The molecule has 0 bridgehead atoms. The van der Waals surface area contributed by atoms with Crippen molar-refractivity contribution in [3.05, 3.63) is 29.8 Å². The molecule has 0 spiro atoms. The van der Waals surface area contributed by atoms with Crippen LogP contribution >= 0.6 is 12.4 Å². The van der Waals surface area contributed by atoms with Gasteiger partial charge in [-0.15, -0.1) is 12.4 Å². The van der Waals surface area contributed by atoms with E-state index in [1.54, 1.807) is 11.9 Å². The zero-order valence-electron chi connectivity index (χ0n) is 12.5. The molecule has 0 aliphatic heterocycles. The van der Waals surface area contributed by atoms with E-state index in [2.05, 4.69) is 0 Å². The number of nitrogens with zero attached hydrogens (tertiary/aromatic N) is 1. The van der Waals surface area contributed by atoms with Gasteiger partial charge in [-0.2, -0.15) is 0 Å². The molecule has 0 heterocycles. The van der Waals surface area contributed by atoms with Gasteiger partial charge in [-0.25, -0.2) is 0 Å². The van der Waals surface area contributed by atoms with Crippen molar-refractivity contribution in [3.63, 3.8) is 0 Å². The molecule has 1 atom stereocenters. The Morgan fingerprint density at radius 2 is 1.95 bits per heavy atom. The largest absolute Gasteiger partial charge is 0.494 e. The van der Waals surface area contributed by atoms with Crippen molar-refractivity contribution in [1.82, 2.24) is 4.90 Å². The molecule has 114 valence electrons. The fourth-order valence-corrected chi connectivity index (χ4v) is 1.75. The maximum absolute atomic E-state index is 11.9. The molecule has 4 nitrogen and oxygen atoms in total. The summed E-state index contributed by atoms with van der Waals surface area (Å²) in [7, 11) is 1.80. The minimum atomic E-state index is 0. The first-order valence-electron chi connectivity index (χ1n) is 6.76. The Labute approximate surface area is 127 Å². The van der Waals surface area contributed by atoms with Gasteiger partial charge in [0.25, 0.3) is 0 Å². The third kappa shape index (κ3) is 5.80. The van der Waals surface area contributed by atoms with E-state index in [0.29, 0.717) is 19.6 Å². The fourth-order valence-electron chi connectivity index (χ4n) is 1.75. The van der Waals surface area contributed by atoms with Crippen LogP contribution in [0.3, 0.4) is 0 Å². The lowest BCUT2D eigenvalue weighted by Gasteiger charge is -2.23. The molecule has 20 heavy (non-hydrogen) atoms. The van der Waals surface area contributed by atoms with Crippen molar-refractivity contribution < 1.29 is 9.53 Å². The molecule has 0 aliphatic carbocycles. The highest BCUT2D eigenvalue weighted by Gasteiger charge is 2.13. The van der Waals surface area contributed by atoms with Crippen LogP contribution in [0.15, 0.2) is 24.3 Å². The summed E-state index contributed by atoms with van der Waals surface area (Å²) < 4.78 is 5.38. The topological polar surface area (TPSA) is 55.6 Å². The van der Waals surface area contributed by atoms with E-state index in [1.807, 2.05) is 38.1 Å². The average Bonchev–Trinajstić information content (AvgIpc) is 2.44. The molecular weight excluding hydrogens is 276 g/mol. The lowest BCUT2D eigenvalue weighted by Crippen LogP contribution is -2.39. The van der Waals surface area contributed by atoms with Gasteiger partial charge in [-0.3, -0.25) is 4.79 Å². The average molecular weight is 301 g/mol. The lowest BCUT2D eigenvalue weighted by atomic mass is 10.1. The Morgan fingerprint density at radius 3 is 2.45 bits per heavy atom. The number of carbonyl (C=O) groups excluding carboxylic acids is 1. The molecule has 0 aliphatic rings. The Morgan fingerprint density at radius 1 is 1.35 bits per heavy atom. The number of likely N-dealkylation sites (N-methyl/N-ethyl adjacent to an activating group) is 1. The lowest BCUT2D eigenvalue weighted by molar-refractivity contribution is -0.131. The highest BCUT2D eigenvalue weighted by molar-refractivity contribution is 5.85.